The van der Waals surface area contributed by atoms with E-state index in [2.05, 4.69) is 0 Å². The Labute approximate surface area is 209 Å². The summed E-state index contributed by atoms with van der Waals surface area (Å²) in [5.74, 6) is -1.99. The average molecular weight is 490 g/mol. The van der Waals surface area contributed by atoms with E-state index in [0.29, 0.717) is 24.7 Å². The van der Waals surface area contributed by atoms with Crippen LogP contribution in [0.2, 0.25) is 0 Å². The molecule has 3 aromatic rings. The second-order valence-corrected chi connectivity index (χ2v) is 8.48. The molecular formula is C29H28FNO5. The van der Waals surface area contributed by atoms with Gasteiger partial charge in [-0.15, -0.1) is 0 Å². The predicted octanol–water partition coefficient (Wildman–Crippen LogP) is 5.87. The molecule has 3 aromatic carbocycles. The molecule has 1 saturated heterocycles. The molecule has 1 amide bonds. The topological polar surface area (TPSA) is 76.1 Å². The summed E-state index contributed by atoms with van der Waals surface area (Å²) in [6.45, 7) is 8.19. The molecular weight excluding hydrogens is 461 g/mol. The minimum absolute atomic E-state index is 0.0976. The van der Waals surface area contributed by atoms with Crippen LogP contribution in [0.15, 0.2) is 66.2 Å². The number of nitrogens with zero attached hydrogens (tertiary/aromatic N) is 1. The molecule has 1 aliphatic heterocycles. The number of aryl methyl sites for hydroxylation is 2. The Morgan fingerprint density at radius 1 is 0.944 bits per heavy atom. The Hall–Kier alpha value is -4.13. The standard InChI is InChI=1S/C29H28FNO5/c1-5-35-20-13-14-22(24(16-20)36-6-2)27(32)25-26(21-9-7-8-10-23(21)30)31(29(34)28(25)33)19-12-11-17(3)18(4)15-19/h7-16,26,32H,5-6H2,1-4H3/b27-25+. The lowest BCUT2D eigenvalue weighted by molar-refractivity contribution is -0.132. The number of halogens is 1. The number of ketones is 1. The SMILES string of the molecule is CCOc1ccc(/C(O)=C2\C(=O)C(=O)N(c3ccc(C)c(C)c3)C2c2ccccc2F)c(OCC)c1. The normalized spacial score (nSPS) is 16.9. The molecule has 1 fully saturated rings. The number of aliphatic hydroxyl groups excluding tert-OH is 1. The lowest BCUT2D eigenvalue weighted by atomic mass is 9.94. The van der Waals surface area contributed by atoms with Gasteiger partial charge in [-0.2, -0.15) is 0 Å². The zero-order valence-corrected chi connectivity index (χ0v) is 20.7. The van der Waals surface area contributed by atoms with E-state index in [9.17, 15) is 14.7 Å². The molecule has 0 radical (unpaired) electrons. The summed E-state index contributed by atoms with van der Waals surface area (Å²) in [6, 6.07) is 14.9. The van der Waals surface area contributed by atoms with Gasteiger partial charge in [0, 0.05) is 17.3 Å². The molecule has 0 aliphatic carbocycles. The number of ether oxygens (including phenoxy) is 2. The highest BCUT2D eigenvalue weighted by molar-refractivity contribution is 6.51. The van der Waals surface area contributed by atoms with Crippen molar-refractivity contribution >= 4 is 23.1 Å². The molecule has 36 heavy (non-hydrogen) atoms. The van der Waals surface area contributed by atoms with Crippen LogP contribution in [-0.4, -0.2) is 30.0 Å². The summed E-state index contributed by atoms with van der Waals surface area (Å²) in [5.41, 5.74) is 2.44. The number of anilines is 1. The van der Waals surface area contributed by atoms with Gasteiger partial charge >= 0.3 is 0 Å². The second-order valence-electron chi connectivity index (χ2n) is 8.48. The van der Waals surface area contributed by atoms with Crippen LogP contribution in [0, 0.1) is 19.7 Å². The van der Waals surface area contributed by atoms with E-state index in [-0.39, 0.29) is 22.4 Å². The van der Waals surface area contributed by atoms with Crippen LogP contribution < -0.4 is 14.4 Å². The highest BCUT2D eigenvalue weighted by Gasteiger charge is 2.48. The summed E-state index contributed by atoms with van der Waals surface area (Å²) in [4.78, 5) is 28.0. The molecule has 1 heterocycles. The number of carbonyl (C=O) groups is 2. The molecule has 0 saturated carbocycles. The van der Waals surface area contributed by atoms with Crippen LogP contribution in [0.25, 0.3) is 5.76 Å². The van der Waals surface area contributed by atoms with Crippen molar-refractivity contribution in [2.45, 2.75) is 33.7 Å². The molecule has 0 aromatic heterocycles. The lowest BCUT2D eigenvalue weighted by Gasteiger charge is -2.26. The third-order valence-corrected chi connectivity index (χ3v) is 6.23. The highest BCUT2D eigenvalue weighted by Crippen LogP contribution is 2.44. The van der Waals surface area contributed by atoms with Crippen molar-refractivity contribution in [2.75, 3.05) is 18.1 Å². The van der Waals surface area contributed by atoms with E-state index in [1.807, 2.05) is 26.8 Å². The minimum Gasteiger partial charge on any atom is -0.507 e. The van der Waals surface area contributed by atoms with Gasteiger partial charge in [0.15, 0.2) is 0 Å². The average Bonchev–Trinajstić information content (AvgIpc) is 3.11. The molecule has 186 valence electrons. The molecule has 7 heteroatoms. The van der Waals surface area contributed by atoms with Crippen molar-refractivity contribution in [2.24, 2.45) is 0 Å². The summed E-state index contributed by atoms with van der Waals surface area (Å²) in [6.07, 6.45) is 0. The first kappa shape index (κ1) is 25.0. The Bertz CT molecular complexity index is 1360. The maximum absolute atomic E-state index is 15.1. The number of carbonyl (C=O) groups excluding carboxylic acids is 2. The van der Waals surface area contributed by atoms with Gasteiger partial charge in [0.1, 0.15) is 23.1 Å². The van der Waals surface area contributed by atoms with Crippen LogP contribution in [0.3, 0.4) is 0 Å². The zero-order valence-electron chi connectivity index (χ0n) is 20.7. The third kappa shape index (κ3) is 4.44. The fourth-order valence-electron chi connectivity index (χ4n) is 4.34. The summed E-state index contributed by atoms with van der Waals surface area (Å²) in [7, 11) is 0. The maximum Gasteiger partial charge on any atom is 0.300 e. The van der Waals surface area contributed by atoms with E-state index < -0.39 is 29.3 Å². The van der Waals surface area contributed by atoms with E-state index in [1.54, 1.807) is 43.3 Å². The zero-order chi connectivity index (χ0) is 26.0. The minimum atomic E-state index is -1.17. The van der Waals surface area contributed by atoms with Crippen LogP contribution in [0.5, 0.6) is 11.5 Å². The van der Waals surface area contributed by atoms with Gasteiger partial charge in [-0.05, 0) is 69.2 Å². The number of hydrogen-bond donors (Lipinski definition) is 1. The van der Waals surface area contributed by atoms with Crippen molar-refractivity contribution < 1.29 is 28.6 Å². The second kappa shape index (κ2) is 10.2. The maximum atomic E-state index is 15.1. The fourth-order valence-corrected chi connectivity index (χ4v) is 4.34. The van der Waals surface area contributed by atoms with Crippen molar-refractivity contribution in [1.29, 1.82) is 0 Å². The number of hydrogen-bond acceptors (Lipinski definition) is 5. The first-order valence-electron chi connectivity index (χ1n) is 11.8. The molecule has 4 rings (SSSR count). The highest BCUT2D eigenvalue weighted by atomic mass is 19.1. The molecule has 1 aliphatic rings. The Morgan fingerprint density at radius 2 is 1.67 bits per heavy atom. The molecule has 6 nitrogen and oxygen atoms in total. The number of benzene rings is 3. The van der Waals surface area contributed by atoms with Crippen molar-refractivity contribution in [3.8, 4) is 11.5 Å². The molecule has 0 spiro atoms. The number of aliphatic hydroxyl groups is 1. The van der Waals surface area contributed by atoms with Crippen molar-refractivity contribution in [3.63, 3.8) is 0 Å². The van der Waals surface area contributed by atoms with Gasteiger partial charge in [-0.25, -0.2) is 4.39 Å². The van der Waals surface area contributed by atoms with Crippen molar-refractivity contribution in [3.05, 3.63) is 94.3 Å². The quantitative estimate of drug-likeness (QED) is 0.255. The monoisotopic (exact) mass is 489 g/mol. The molecule has 1 atom stereocenters. The first-order valence-corrected chi connectivity index (χ1v) is 11.8. The first-order chi connectivity index (χ1) is 17.3. The number of amides is 1. The summed E-state index contributed by atoms with van der Waals surface area (Å²) in [5, 5.41) is 11.5. The largest absolute Gasteiger partial charge is 0.507 e. The number of rotatable bonds is 7. The molecule has 1 unspecified atom stereocenters. The Morgan fingerprint density at radius 3 is 2.33 bits per heavy atom. The van der Waals surface area contributed by atoms with Gasteiger partial charge in [0.2, 0.25) is 0 Å². The van der Waals surface area contributed by atoms with Crippen LogP contribution in [0.4, 0.5) is 10.1 Å². The van der Waals surface area contributed by atoms with E-state index in [0.717, 1.165) is 11.1 Å². The van der Waals surface area contributed by atoms with E-state index in [4.69, 9.17) is 9.47 Å². The van der Waals surface area contributed by atoms with E-state index >= 15 is 4.39 Å². The predicted molar refractivity (Wildman–Crippen MR) is 136 cm³/mol. The molecule has 1 N–H and O–H groups in total. The van der Waals surface area contributed by atoms with Gasteiger partial charge in [0.25, 0.3) is 11.7 Å². The smallest absolute Gasteiger partial charge is 0.300 e. The lowest BCUT2D eigenvalue weighted by Crippen LogP contribution is -2.30. The van der Waals surface area contributed by atoms with Gasteiger partial charge in [-0.1, -0.05) is 24.3 Å². The van der Waals surface area contributed by atoms with Gasteiger partial charge < -0.3 is 14.6 Å². The molecule has 0 bridgehead atoms. The van der Waals surface area contributed by atoms with Crippen molar-refractivity contribution in [1.82, 2.24) is 0 Å². The fraction of sp³-hybridized carbons (Fsp3) is 0.241. The summed E-state index contributed by atoms with van der Waals surface area (Å²) >= 11 is 0. The van der Waals surface area contributed by atoms with Gasteiger partial charge in [-0.3, -0.25) is 14.5 Å². The number of Topliss-reactive ketones (excluding diaryl/α,β-unsaturated/α-hetero) is 1. The third-order valence-electron chi connectivity index (χ3n) is 6.23. The van der Waals surface area contributed by atoms with E-state index in [1.165, 1.54) is 23.1 Å². The summed E-state index contributed by atoms with van der Waals surface area (Å²) < 4.78 is 26.4. The van der Waals surface area contributed by atoms with Gasteiger partial charge in [0.05, 0.1) is 30.4 Å². The van der Waals surface area contributed by atoms with Crippen LogP contribution in [0.1, 0.15) is 42.1 Å². The Kier molecular flexibility index (Phi) is 7.10. The van der Waals surface area contributed by atoms with Crippen LogP contribution >= 0.6 is 0 Å². The van der Waals surface area contributed by atoms with Crippen LogP contribution in [-0.2, 0) is 9.59 Å². The Balaban J connectivity index is 1.97.